The van der Waals surface area contributed by atoms with Crippen molar-refractivity contribution in [2.45, 2.75) is 43.6 Å². The van der Waals surface area contributed by atoms with Crippen molar-refractivity contribution in [2.24, 2.45) is 0 Å². The van der Waals surface area contributed by atoms with Gasteiger partial charge in [0.25, 0.3) is 5.56 Å². The third-order valence-corrected chi connectivity index (χ3v) is 4.53. The van der Waals surface area contributed by atoms with Crippen molar-refractivity contribution in [3.8, 4) is 0 Å². The molecule has 0 spiro atoms. The molecule has 0 bridgehead atoms. The topological polar surface area (TPSA) is 66.1 Å². The van der Waals surface area contributed by atoms with Crippen molar-refractivity contribution in [2.75, 3.05) is 7.05 Å². The molecule has 2 aromatic rings. The molecule has 5 nitrogen and oxygen atoms in total. The van der Waals surface area contributed by atoms with Crippen LogP contribution in [0.25, 0.3) is 0 Å². The third-order valence-electron chi connectivity index (χ3n) is 3.55. The summed E-state index contributed by atoms with van der Waals surface area (Å²) in [5.74, 6) is 0.00685. The van der Waals surface area contributed by atoms with E-state index < -0.39 is 0 Å². The first-order valence-electron chi connectivity index (χ1n) is 8.05. The summed E-state index contributed by atoms with van der Waals surface area (Å²) in [4.78, 5) is 33.1. The quantitative estimate of drug-likeness (QED) is 0.619. The second-order valence-electron chi connectivity index (χ2n) is 5.73. The summed E-state index contributed by atoms with van der Waals surface area (Å²) in [5.41, 5.74) is 1.68. The molecule has 0 saturated carbocycles. The summed E-state index contributed by atoms with van der Waals surface area (Å²) in [6.07, 6.45) is 1.68. The normalized spacial score (nSPS) is 12.0. The Bertz CT molecular complexity index is 731. The predicted octanol–water partition coefficient (Wildman–Crippen LogP) is 2.86. The van der Waals surface area contributed by atoms with Gasteiger partial charge in [-0.1, -0.05) is 55.4 Å². The van der Waals surface area contributed by atoms with Gasteiger partial charge in [0.15, 0.2) is 5.16 Å². The maximum Gasteiger partial charge on any atom is 0.251 e. The first-order valence-corrected chi connectivity index (χ1v) is 8.93. The molecule has 2 rings (SSSR count). The van der Waals surface area contributed by atoms with Gasteiger partial charge in [-0.05, 0) is 18.9 Å². The van der Waals surface area contributed by atoms with E-state index in [0.717, 1.165) is 24.1 Å². The molecule has 1 unspecified atom stereocenters. The van der Waals surface area contributed by atoms with Gasteiger partial charge in [-0.2, -0.15) is 0 Å². The molecular formula is C18H23N3O2S. The van der Waals surface area contributed by atoms with E-state index in [1.54, 1.807) is 11.9 Å². The van der Waals surface area contributed by atoms with Crippen LogP contribution in [0.1, 0.15) is 31.5 Å². The minimum Gasteiger partial charge on any atom is -0.340 e. The van der Waals surface area contributed by atoms with Gasteiger partial charge in [0, 0.05) is 25.4 Å². The molecule has 0 radical (unpaired) electrons. The van der Waals surface area contributed by atoms with Gasteiger partial charge in [-0.25, -0.2) is 4.98 Å². The molecule has 0 aliphatic rings. The minimum absolute atomic E-state index is 0.00685. The second-order valence-corrected chi connectivity index (χ2v) is 7.06. The molecule has 0 aliphatic carbocycles. The Labute approximate surface area is 146 Å². The molecule has 0 saturated heterocycles. The number of aromatic amines is 1. The fourth-order valence-electron chi connectivity index (χ4n) is 2.39. The Morgan fingerprint density at radius 1 is 1.33 bits per heavy atom. The highest BCUT2D eigenvalue weighted by atomic mass is 32.2. The number of carbonyl (C=O) groups excluding carboxylic acids is 1. The zero-order valence-electron chi connectivity index (χ0n) is 14.3. The molecule has 1 heterocycles. The number of thioether (sulfide) groups is 1. The van der Waals surface area contributed by atoms with Crippen molar-refractivity contribution < 1.29 is 4.79 Å². The predicted molar refractivity (Wildman–Crippen MR) is 97.1 cm³/mol. The average molecular weight is 345 g/mol. The molecule has 1 atom stereocenters. The summed E-state index contributed by atoms with van der Waals surface area (Å²) in [7, 11) is 1.79. The monoisotopic (exact) mass is 345 g/mol. The Morgan fingerprint density at radius 2 is 2.04 bits per heavy atom. The smallest absolute Gasteiger partial charge is 0.251 e. The van der Waals surface area contributed by atoms with Gasteiger partial charge in [-0.3, -0.25) is 9.59 Å². The van der Waals surface area contributed by atoms with Crippen LogP contribution in [0.2, 0.25) is 0 Å². The number of H-pyrrole nitrogens is 1. The highest BCUT2D eigenvalue weighted by Gasteiger charge is 2.20. The number of hydrogen-bond donors (Lipinski definition) is 1. The van der Waals surface area contributed by atoms with Gasteiger partial charge in [0.1, 0.15) is 0 Å². The lowest BCUT2D eigenvalue weighted by atomic mass is 10.2. The standard InChI is InChI=1S/C18H23N3O2S/c1-4-8-15-11-16(22)20-18(19-15)24-13(2)17(23)21(3)12-14-9-6-5-7-10-14/h5-7,9-11,13H,4,8,12H2,1-3H3,(H,19,20,22). The molecule has 128 valence electrons. The zero-order chi connectivity index (χ0) is 17.5. The van der Waals surface area contributed by atoms with E-state index in [9.17, 15) is 9.59 Å². The Hall–Kier alpha value is -2.08. The molecule has 1 N–H and O–H groups in total. The van der Waals surface area contributed by atoms with Crippen LogP contribution in [0.4, 0.5) is 0 Å². The van der Waals surface area contributed by atoms with E-state index in [4.69, 9.17) is 0 Å². The lowest BCUT2D eigenvalue weighted by Crippen LogP contribution is -2.33. The lowest BCUT2D eigenvalue weighted by molar-refractivity contribution is -0.129. The highest BCUT2D eigenvalue weighted by Crippen LogP contribution is 2.20. The van der Waals surface area contributed by atoms with Gasteiger partial charge in [0.05, 0.1) is 5.25 Å². The Morgan fingerprint density at radius 3 is 2.71 bits per heavy atom. The van der Waals surface area contributed by atoms with Gasteiger partial charge >= 0.3 is 0 Å². The van der Waals surface area contributed by atoms with E-state index in [1.807, 2.05) is 44.2 Å². The fourth-order valence-corrected chi connectivity index (χ4v) is 3.33. The Balaban J connectivity index is 2.02. The van der Waals surface area contributed by atoms with E-state index >= 15 is 0 Å². The van der Waals surface area contributed by atoms with Crippen LogP contribution in [0.3, 0.4) is 0 Å². The van der Waals surface area contributed by atoms with E-state index in [1.165, 1.54) is 17.8 Å². The molecule has 6 heteroatoms. The van der Waals surface area contributed by atoms with Gasteiger partial charge in [-0.15, -0.1) is 0 Å². The number of amides is 1. The number of nitrogens with zero attached hydrogens (tertiary/aromatic N) is 2. The summed E-state index contributed by atoms with van der Waals surface area (Å²) in [6.45, 7) is 4.44. The van der Waals surface area contributed by atoms with Crippen LogP contribution in [-0.2, 0) is 17.8 Å². The molecule has 24 heavy (non-hydrogen) atoms. The largest absolute Gasteiger partial charge is 0.340 e. The van der Waals surface area contributed by atoms with Crippen LogP contribution >= 0.6 is 11.8 Å². The van der Waals surface area contributed by atoms with Crippen LogP contribution in [0.5, 0.6) is 0 Å². The van der Waals surface area contributed by atoms with Gasteiger partial charge < -0.3 is 9.88 Å². The van der Waals surface area contributed by atoms with E-state index in [2.05, 4.69) is 9.97 Å². The summed E-state index contributed by atoms with van der Waals surface area (Å²) in [6, 6.07) is 11.4. The molecule has 1 amide bonds. The number of aryl methyl sites for hydroxylation is 1. The van der Waals surface area contributed by atoms with E-state index in [-0.39, 0.29) is 16.7 Å². The zero-order valence-corrected chi connectivity index (χ0v) is 15.1. The lowest BCUT2D eigenvalue weighted by Gasteiger charge is -2.21. The van der Waals surface area contributed by atoms with Crippen LogP contribution in [0, 0.1) is 0 Å². The summed E-state index contributed by atoms with van der Waals surface area (Å²) < 4.78 is 0. The van der Waals surface area contributed by atoms with E-state index in [0.29, 0.717) is 11.7 Å². The number of hydrogen-bond acceptors (Lipinski definition) is 4. The molecule has 0 fully saturated rings. The molecule has 1 aromatic heterocycles. The van der Waals surface area contributed by atoms with Crippen molar-refractivity contribution in [1.29, 1.82) is 0 Å². The fraction of sp³-hybridized carbons (Fsp3) is 0.389. The first kappa shape index (κ1) is 18.3. The van der Waals surface area contributed by atoms with Crippen molar-refractivity contribution >= 4 is 17.7 Å². The molecule has 0 aliphatic heterocycles. The van der Waals surface area contributed by atoms with Crippen molar-refractivity contribution in [3.05, 3.63) is 58.0 Å². The average Bonchev–Trinajstić information content (AvgIpc) is 2.54. The van der Waals surface area contributed by atoms with Crippen LogP contribution < -0.4 is 5.56 Å². The Kier molecular flexibility index (Phi) is 6.61. The highest BCUT2D eigenvalue weighted by molar-refractivity contribution is 8.00. The minimum atomic E-state index is -0.321. The van der Waals surface area contributed by atoms with Crippen LogP contribution in [0.15, 0.2) is 46.3 Å². The SMILES string of the molecule is CCCc1cc(=O)[nH]c(SC(C)C(=O)N(C)Cc2ccccc2)n1. The van der Waals surface area contributed by atoms with Crippen molar-refractivity contribution in [3.63, 3.8) is 0 Å². The van der Waals surface area contributed by atoms with Gasteiger partial charge in [0.2, 0.25) is 5.91 Å². The number of aromatic nitrogens is 2. The third kappa shape index (κ3) is 5.23. The number of carbonyl (C=O) groups is 1. The molecular weight excluding hydrogens is 322 g/mol. The van der Waals surface area contributed by atoms with Crippen LogP contribution in [-0.4, -0.2) is 33.1 Å². The maximum absolute atomic E-state index is 12.5. The maximum atomic E-state index is 12.5. The number of nitrogens with one attached hydrogen (secondary N) is 1. The molecule has 1 aromatic carbocycles. The second kappa shape index (κ2) is 8.68. The first-order chi connectivity index (χ1) is 11.5. The summed E-state index contributed by atoms with van der Waals surface area (Å²) in [5, 5.41) is 0.179. The summed E-state index contributed by atoms with van der Waals surface area (Å²) >= 11 is 1.29. The number of rotatable bonds is 7. The van der Waals surface area contributed by atoms with Crippen molar-refractivity contribution in [1.82, 2.24) is 14.9 Å². The number of benzene rings is 1.